The molecule has 5 heteroatoms. The van der Waals surface area contributed by atoms with Crippen LogP contribution in [0.5, 0.6) is 0 Å². The summed E-state index contributed by atoms with van der Waals surface area (Å²) in [5.74, 6) is -1.73. The summed E-state index contributed by atoms with van der Waals surface area (Å²) in [7, 11) is 1.74. The number of hydrogen-bond donors (Lipinski definition) is 2. The summed E-state index contributed by atoms with van der Waals surface area (Å²) in [5.41, 5.74) is -0.123. The summed E-state index contributed by atoms with van der Waals surface area (Å²) >= 11 is 0. The minimum absolute atomic E-state index is 0.106. The van der Waals surface area contributed by atoms with Crippen molar-refractivity contribution in [1.82, 2.24) is 5.32 Å². The molecular formula is C13H18F2N2O. The first kappa shape index (κ1) is 14.6. The summed E-state index contributed by atoms with van der Waals surface area (Å²) in [4.78, 5) is 12.0. The number of nitrogens with one attached hydrogen (secondary N) is 2. The van der Waals surface area contributed by atoms with Gasteiger partial charge in [-0.25, -0.2) is 8.78 Å². The highest BCUT2D eigenvalue weighted by Crippen LogP contribution is 2.18. The van der Waals surface area contributed by atoms with Gasteiger partial charge in [0, 0.05) is 12.6 Å². The second-order valence-corrected chi connectivity index (χ2v) is 4.52. The first-order chi connectivity index (χ1) is 8.45. The van der Waals surface area contributed by atoms with Gasteiger partial charge < -0.3 is 10.6 Å². The van der Waals surface area contributed by atoms with Crippen molar-refractivity contribution in [2.75, 3.05) is 18.9 Å². The van der Waals surface area contributed by atoms with E-state index in [0.29, 0.717) is 6.54 Å². The number of anilines is 1. The standard InChI is InChI=1S/C13H18F2N2O/c1-8(2)10(7-16-3)13(18)17-12-6-9(14)4-5-11(12)15/h4-6,8,10,16H,7H2,1-3H3,(H,17,18). The fourth-order valence-corrected chi connectivity index (χ4v) is 1.67. The summed E-state index contributed by atoms with van der Waals surface area (Å²) in [6, 6.07) is 2.98. The molecule has 0 saturated carbocycles. The first-order valence-corrected chi connectivity index (χ1v) is 5.86. The van der Waals surface area contributed by atoms with E-state index in [1.807, 2.05) is 13.8 Å². The van der Waals surface area contributed by atoms with E-state index >= 15 is 0 Å². The van der Waals surface area contributed by atoms with Gasteiger partial charge in [0.25, 0.3) is 0 Å². The highest BCUT2D eigenvalue weighted by atomic mass is 19.1. The summed E-state index contributed by atoms with van der Waals surface area (Å²) in [6.07, 6.45) is 0. The molecule has 0 bridgehead atoms. The number of hydrogen-bond acceptors (Lipinski definition) is 2. The molecule has 0 aliphatic rings. The number of halogens is 2. The van der Waals surface area contributed by atoms with Gasteiger partial charge in [-0.2, -0.15) is 0 Å². The second kappa shape index (κ2) is 6.44. The van der Waals surface area contributed by atoms with Crippen LogP contribution in [0.25, 0.3) is 0 Å². The van der Waals surface area contributed by atoms with E-state index in [-0.39, 0.29) is 23.4 Å². The first-order valence-electron chi connectivity index (χ1n) is 5.86. The minimum atomic E-state index is -0.642. The van der Waals surface area contributed by atoms with E-state index in [1.165, 1.54) is 0 Å². The van der Waals surface area contributed by atoms with E-state index in [4.69, 9.17) is 0 Å². The van der Waals surface area contributed by atoms with Crippen molar-refractivity contribution in [1.29, 1.82) is 0 Å². The van der Waals surface area contributed by atoms with Gasteiger partial charge in [0.1, 0.15) is 11.6 Å². The van der Waals surface area contributed by atoms with E-state index in [2.05, 4.69) is 10.6 Å². The van der Waals surface area contributed by atoms with Crippen molar-refractivity contribution in [3.63, 3.8) is 0 Å². The largest absolute Gasteiger partial charge is 0.323 e. The lowest BCUT2D eigenvalue weighted by Gasteiger charge is -2.20. The number of amides is 1. The zero-order valence-corrected chi connectivity index (χ0v) is 10.8. The van der Waals surface area contributed by atoms with Gasteiger partial charge in [0.15, 0.2) is 0 Å². The van der Waals surface area contributed by atoms with Gasteiger partial charge in [0.05, 0.1) is 11.6 Å². The molecule has 0 fully saturated rings. The molecular weight excluding hydrogens is 238 g/mol. The Morgan fingerprint density at radius 1 is 1.33 bits per heavy atom. The fraction of sp³-hybridized carbons (Fsp3) is 0.462. The average Bonchev–Trinajstić information content (AvgIpc) is 2.30. The highest BCUT2D eigenvalue weighted by Gasteiger charge is 2.22. The fourth-order valence-electron chi connectivity index (χ4n) is 1.67. The molecule has 1 rings (SSSR count). The zero-order chi connectivity index (χ0) is 13.7. The third-order valence-corrected chi connectivity index (χ3v) is 2.75. The van der Waals surface area contributed by atoms with Crippen LogP contribution in [0, 0.1) is 23.5 Å². The van der Waals surface area contributed by atoms with E-state index < -0.39 is 11.6 Å². The van der Waals surface area contributed by atoms with Gasteiger partial charge in [-0.1, -0.05) is 13.8 Å². The van der Waals surface area contributed by atoms with E-state index in [0.717, 1.165) is 18.2 Å². The molecule has 0 heterocycles. The van der Waals surface area contributed by atoms with Gasteiger partial charge >= 0.3 is 0 Å². The van der Waals surface area contributed by atoms with Crippen LogP contribution in [-0.2, 0) is 4.79 Å². The molecule has 0 aliphatic heterocycles. The molecule has 0 radical (unpaired) electrons. The molecule has 0 saturated heterocycles. The molecule has 0 spiro atoms. The van der Waals surface area contributed by atoms with Gasteiger partial charge in [-0.3, -0.25) is 4.79 Å². The van der Waals surface area contributed by atoms with Crippen LogP contribution < -0.4 is 10.6 Å². The van der Waals surface area contributed by atoms with Gasteiger partial charge in [0.2, 0.25) is 5.91 Å². The number of carbonyl (C=O) groups is 1. The van der Waals surface area contributed by atoms with Crippen molar-refractivity contribution in [3.8, 4) is 0 Å². The van der Waals surface area contributed by atoms with E-state index in [9.17, 15) is 13.6 Å². The zero-order valence-electron chi connectivity index (χ0n) is 10.8. The Balaban J connectivity index is 2.82. The topological polar surface area (TPSA) is 41.1 Å². The minimum Gasteiger partial charge on any atom is -0.323 e. The molecule has 1 unspecified atom stereocenters. The lowest BCUT2D eigenvalue weighted by molar-refractivity contribution is -0.121. The summed E-state index contributed by atoms with van der Waals surface area (Å²) in [6.45, 7) is 4.30. The summed E-state index contributed by atoms with van der Waals surface area (Å²) in [5, 5.41) is 5.34. The molecule has 2 N–H and O–H groups in total. The van der Waals surface area contributed by atoms with Crippen molar-refractivity contribution in [2.45, 2.75) is 13.8 Å². The number of carbonyl (C=O) groups excluding carboxylic acids is 1. The van der Waals surface area contributed by atoms with Crippen LogP contribution in [0.1, 0.15) is 13.8 Å². The molecule has 100 valence electrons. The van der Waals surface area contributed by atoms with Gasteiger partial charge in [-0.05, 0) is 25.1 Å². The van der Waals surface area contributed by atoms with Crippen LogP contribution in [-0.4, -0.2) is 19.5 Å². The average molecular weight is 256 g/mol. The van der Waals surface area contributed by atoms with Crippen LogP contribution in [0.2, 0.25) is 0 Å². The molecule has 0 aliphatic carbocycles. The predicted octanol–water partition coefficient (Wildman–Crippen LogP) is 2.39. The van der Waals surface area contributed by atoms with Crippen molar-refractivity contribution in [2.24, 2.45) is 11.8 Å². The Bertz CT molecular complexity index is 421. The Hall–Kier alpha value is -1.49. The quantitative estimate of drug-likeness (QED) is 0.849. The van der Waals surface area contributed by atoms with Crippen molar-refractivity contribution in [3.05, 3.63) is 29.8 Å². The molecule has 3 nitrogen and oxygen atoms in total. The highest BCUT2D eigenvalue weighted by molar-refractivity contribution is 5.93. The predicted molar refractivity (Wildman–Crippen MR) is 67.2 cm³/mol. The molecule has 1 aromatic carbocycles. The van der Waals surface area contributed by atoms with Crippen LogP contribution >= 0.6 is 0 Å². The monoisotopic (exact) mass is 256 g/mol. The number of benzene rings is 1. The Morgan fingerprint density at radius 2 is 2.00 bits per heavy atom. The Kier molecular flexibility index (Phi) is 5.22. The summed E-state index contributed by atoms with van der Waals surface area (Å²) < 4.78 is 26.4. The van der Waals surface area contributed by atoms with Crippen molar-refractivity contribution < 1.29 is 13.6 Å². The Morgan fingerprint density at radius 3 is 2.56 bits per heavy atom. The molecule has 18 heavy (non-hydrogen) atoms. The third kappa shape index (κ3) is 3.77. The normalized spacial score (nSPS) is 12.6. The maximum Gasteiger partial charge on any atom is 0.229 e. The van der Waals surface area contributed by atoms with E-state index in [1.54, 1.807) is 7.05 Å². The molecule has 0 aromatic heterocycles. The molecule has 1 amide bonds. The maximum atomic E-state index is 13.4. The SMILES string of the molecule is CNCC(C(=O)Nc1cc(F)ccc1F)C(C)C. The van der Waals surface area contributed by atoms with Crippen LogP contribution in [0.4, 0.5) is 14.5 Å². The molecule has 1 aromatic rings. The second-order valence-electron chi connectivity index (χ2n) is 4.52. The number of rotatable bonds is 5. The van der Waals surface area contributed by atoms with Crippen LogP contribution in [0.3, 0.4) is 0 Å². The Labute approximate surface area is 106 Å². The van der Waals surface area contributed by atoms with Crippen molar-refractivity contribution >= 4 is 11.6 Å². The van der Waals surface area contributed by atoms with Crippen LogP contribution in [0.15, 0.2) is 18.2 Å². The lowest BCUT2D eigenvalue weighted by atomic mass is 9.95. The third-order valence-electron chi connectivity index (χ3n) is 2.75. The lowest BCUT2D eigenvalue weighted by Crippen LogP contribution is -2.34. The maximum absolute atomic E-state index is 13.4. The van der Waals surface area contributed by atoms with Gasteiger partial charge in [-0.15, -0.1) is 0 Å². The smallest absolute Gasteiger partial charge is 0.229 e. The molecule has 1 atom stereocenters.